The van der Waals surface area contributed by atoms with Crippen LogP contribution in [0.1, 0.15) is 29.6 Å². The summed E-state index contributed by atoms with van der Waals surface area (Å²) >= 11 is 1.19. The van der Waals surface area contributed by atoms with E-state index < -0.39 is 6.36 Å². The molecule has 3 heterocycles. The number of imidazole rings is 1. The Morgan fingerprint density at radius 2 is 1.89 bits per heavy atom. The first kappa shape index (κ1) is 24.3. The number of aryl methyl sites for hydroxylation is 1. The number of hydrogen-bond donors (Lipinski definition) is 2. The summed E-state index contributed by atoms with van der Waals surface area (Å²) in [7, 11) is 1.83. The molecule has 190 valence electrons. The van der Waals surface area contributed by atoms with Crippen molar-refractivity contribution in [2.24, 2.45) is 7.05 Å². The van der Waals surface area contributed by atoms with Gasteiger partial charge in [-0.1, -0.05) is 17.8 Å². The number of nitrogens with zero attached hydrogens (tertiary/aromatic N) is 4. The van der Waals surface area contributed by atoms with E-state index in [0.29, 0.717) is 38.9 Å². The van der Waals surface area contributed by atoms with Crippen molar-refractivity contribution in [1.82, 2.24) is 24.8 Å². The lowest BCUT2D eigenvalue weighted by atomic mass is 10.1. The number of piperidine rings is 1. The minimum absolute atomic E-state index is 0.142. The quantitative estimate of drug-likeness (QED) is 0.357. The molecule has 1 saturated heterocycles. The van der Waals surface area contributed by atoms with Gasteiger partial charge in [0.05, 0.1) is 21.3 Å². The Balaban J connectivity index is 1.28. The minimum Gasteiger partial charge on any atom is -0.406 e. The summed E-state index contributed by atoms with van der Waals surface area (Å²) in [5.41, 5.74) is 2.54. The number of likely N-dealkylation sites (tertiary alicyclic amines) is 1. The van der Waals surface area contributed by atoms with E-state index in [1.807, 2.05) is 17.7 Å². The number of alkyl halides is 3. The molecular formula is C24H25F3N6O2S. The second-order valence-electron chi connectivity index (χ2n) is 8.68. The number of benzene rings is 2. The summed E-state index contributed by atoms with van der Waals surface area (Å²) in [6, 6.07) is 9.36. The number of anilines is 2. The molecule has 0 unspecified atom stereocenters. The van der Waals surface area contributed by atoms with Crippen molar-refractivity contribution in [1.29, 1.82) is 0 Å². The standard InChI is InChI=1S/C24H25F3N6O2S/c1-32-19-8-5-15(21(34)28-9-12-33-10-3-2-4-11-33)13-18(19)29-22(32)31-23-30-17-7-6-16(14-20(17)36-23)35-24(25,26)27/h5-8,13-14H,2-4,9-12H2,1H3,(H,28,34)(H,29,30,31). The van der Waals surface area contributed by atoms with E-state index >= 15 is 0 Å². The average molecular weight is 519 g/mol. The second kappa shape index (κ2) is 9.94. The van der Waals surface area contributed by atoms with E-state index in [-0.39, 0.29) is 11.7 Å². The van der Waals surface area contributed by atoms with Gasteiger partial charge in [-0.3, -0.25) is 4.79 Å². The SMILES string of the molecule is Cn1c(Nc2nc3ccc(OC(F)(F)F)cc3s2)nc2cc(C(=O)NCCN3CCCCC3)ccc21. The van der Waals surface area contributed by atoms with Crippen LogP contribution in [0.15, 0.2) is 36.4 Å². The molecule has 0 atom stereocenters. The van der Waals surface area contributed by atoms with Gasteiger partial charge < -0.3 is 24.8 Å². The van der Waals surface area contributed by atoms with Crippen molar-refractivity contribution >= 4 is 49.6 Å². The predicted octanol–water partition coefficient (Wildman–Crippen LogP) is 5.04. The molecular weight excluding hydrogens is 493 g/mol. The summed E-state index contributed by atoms with van der Waals surface area (Å²) in [6.07, 6.45) is -1.05. The molecule has 12 heteroatoms. The molecule has 1 aliphatic rings. The minimum atomic E-state index is -4.75. The lowest BCUT2D eigenvalue weighted by Crippen LogP contribution is -2.37. The van der Waals surface area contributed by atoms with E-state index in [2.05, 4.69) is 30.2 Å². The Bertz CT molecular complexity index is 1390. The van der Waals surface area contributed by atoms with Crippen LogP contribution in [0.3, 0.4) is 0 Å². The van der Waals surface area contributed by atoms with Gasteiger partial charge in [-0.25, -0.2) is 9.97 Å². The molecule has 1 fully saturated rings. The first-order valence-electron chi connectivity index (χ1n) is 11.7. The fourth-order valence-corrected chi connectivity index (χ4v) is 5.20. The topological polar surface area (TPSA) is 84.3 Å². The van der Waals surface area contributed by atoms with Gasteiger partial charge in [-0.2, -0.15) is 0 Å². The maximum atomic E-state index is 12.7. The highest BCUT2D eigenvalue weighted by atomic mass is 32.1. The highest BCUT2D eigenvalue weighted by Gasteiger charge is 2.31. The van der Waals surface area contributed by atoms with Gasteiger partial charge in [-0.15, -0.1) is 13.2 Å². The number of fused-ring (bicyclic) bond motifs is 2. The largest absolute Gasteiger partial charge is 0.573 e. The Labute approximate surface area is 209 Å². The van der Waals surface area contributed by atoms with Gasteiger partial charge in [-0.05, 0) is 56.3 Å². The highest BCUT2D eigenvalue weighted by molar-refractivity contribution is 7.22. The molecule has 2 aromatic carbocycles. The Morgan fingerprint density at radius 3 is 2.67 bits per heavy atom. The number of carbonyl (C=O) groups excluding carboxylic acids is 1. The maximum Gasteiger partial charge on any atom is 0.573 e. The molecule has 5 rings (SSSR count). The zero-order chi connectivity index (χ0) is 25.3. The van der Waals surface area contributed by atoms with Crippen molar-refractivity contribution in [3.8, 4) is 5.75 Å². The zero-order valence-electron chi connectivity index (χ0n) is 19.6. The van der Waals surface area contributed by atoms with Gasteiger partial charge in [0.2, 0.25) is 5.95 Å². The van der Waals surface area contributed by atoms with Crippen LogP contribution in [0.25, 0.3) is 21.3 Å². The lowest BCUT2D eigenvalue weighted by molar-refractivity contribution is -0.274. The number of halogens is 3. The molecule has 0 spiro atoms. The summed E-state index contributed by atoms with van der Waals surface area (Å²) in [6.45, 7) is 3.61. The molecule has 2 N–H and O–H groups in total. The molecule has 1 aliphatic heterocycles. The molecule has 0 aliphatic carbocycles. The third-order valence-corrected chi connectivity index (χ3v) is 7.05. The van der Waals surface area contributed by atoms with E-state index in [9.17, 15) is 18.0 Å². The smallest absolute Gasteiger partial charge is 0.406 e. The molecule has 4 aromatic rings. The van der Waals surface area contributed by atoms with Crippen molar-refractivity contribution < 1.29 is 22.7 Å². The fraction of sp³-hybridized carbons (Fsp3) is 0.375. The van der Waals surface area contributed by atoms with Gasteiger partial charge >= 0.3 is 6.36 Å². The molecule has 1 amide bonds. The first-order valence-corrected chi connectivity index (χ1v) is 12.5. The van der Waals surface area contributed by atoms with Crippen molar-refractivity contribution in [2.75, 3.05) is 31.5 Å². The second-order valence-corrected chi connectivity index (χ2v) is 9.71. The van der Waals surface area contributed by atoms with E-state index in [1.54, 1.807) is 12.1 Å². The van der Waals surface area contributed by atoms with Crippen LogP contribution in [0.2, 0.25) is 0 Å². The molecule has 8 nitrogen and oxygen atoms in total. The van der Waals surface area contributed by atoms with Crippen LogP contribution in [0.5, 0.6) is 5.75 Å². The van der Waals surface area contributed by atoms with Crippen LogP contribution in [0.4, 0.5) is 24.3 Å². The number of ether oxygens (including phenoxy) is 1. The average Bonchev–Trinajstić information content (AvgIpc) is 3.38. The molecule has 0 bridgehead atoms. The monoisotopic (exact) mass is 518 g/mol. The summed E-state index contributed by atoms with van der Waals surface area (Å²) < 4.78 is 43.9. The Kier molecular flexibility index (Phi) is 6.71. The van der Waals surface area contributed by atoms with Crippen LogP contribution in [-0.4, -0.2) is 57.9 Å². The van der Waals surface area contributed by atoms with Gasteiger partial charge in [0.25, 0.3) is 5.91 Å². The van der Waals surface area contributed by atoms with Crippen LogP contribution in [0, 0.1) is 0 Å². The van der Waals surface area contributed by atoms with Crippen LogP contribution < -0.4 is 15.4 Å². The van der Waals surface area contributed by atoms with Crippen LogP contribution in [-0.2, 0) is 7.05 Å². The van der Waals surface area contributed by atoms with E-state index in [1.165, 1.54) is 48.8 Å². The van der Waals surface area contributed by atoms with Crippen molar-refractivity contribution in [3.05, 3.63) is 42.0 Å². The third kappa shape index (κ3) is 5.54. The number of nitrogens with one attached hydrogen (secondary N) is 2. The fourth-order valence-electron chi connectivity index (χ4n) is 4.32. The summed E-state index contributed by atoms with van der Waals surface area (Å²) in [4.78, 5) is 24.0. The third-order valence-electron chi connectivity index (χ3n) is 6.12. The zero-order valence-corrected chi connectivity index (χ0v) is 20.4. The molecule has 0 saturated carbocycles. The van der Waals surface area contributed by atoms with E-state index in [0.717, 1.165) is 25.2 Å². The van der Waals surface area contributed by atoms with Gasteiger partial charge in [0, 0.05) is 31.8 Å². The summed E-state index contributed by atoms with van der Waals surface area (Å²) in [5.74, 6) is 0.0604. The predicted molar refractivity (Wildman–Crippen MR) is 133 cm³/mol. The van der Waals surface area contributed by atoms with Gasteiger partial charge in [0.15, 0.2) is 5.13 Å². The van der Waals surface area contributed by atoms with Crippen molar-refractivity contribution in [3.63, 3.8) is 0 Å². The number of thiazole rings is 1. The molecule has 36 heavy (non-hydrogen) atoms. The maximum absolute atomic E-state index is 12.7. The number of rotatable bonds is 7. The van der Waals surface area contributed by atoms with Gasteiger partial charge in [0.1, 0.15) is 5.75 Å². The number of amides is 1. The lowest BCUT2D eigenvalue weighted by Gasteiger charge is -2.26. The Morgan fingerprint density at radius 1 is 1.08 bits per heavy atom. The Hall–Kier alpha value is -3.38. The normalized spacial score (nSPS) is 14.9. The molecule has 0 radical (unpaired) electrons. The number of hydrogen-bond acceptors (Lipinski definition) is 7. The van der Waals surface area contributed by atoms with Crippen molar-refractivity contribution in [2.45, 2.75) is 25.6 Å². The molecule has 2 aromatic heterocycles. The summed E-state index contributed by atoms with van der Waals surface area (Å²) in [5, 5.41) is 6.59. The highest BCUT2D eigenvalue weighted by Crippen LogP contribution is 2.33. The number of aromatic nitrogens is 3. The first-order chi connectivity index (χ1) is 17.2. The number of carbonyl (C=O) groups is 1. The van der Waals surface area contributed by atoms with Crippen LogP contribution >= 0.6 is 11.3 Å². The van der Waals surface area contributed by atoms with E-state index in [4.69, 9.17) is 0 Å².